The fourth-order valence-corrected chi connectivity index (χ4v) is 3.20. The molecule has 3 rings (SSSR count). The van der Waals surface area contributed by atoms with E-state index >= 15 is 0 Å². The molecule has 2 N–H and O–H groups in total. The van der Waals surface area contributed by atoms with Crippen LogP contribution in [0.25, 0.3) is 11.0 Å². The summed E-state index contributed by atoms with van der Waals surface area (Å²) in [5.41, 5.74) is 5.10. The number of methoxy groups -OCH3 is 1. The maximum absolute atomic E-state index is 11.9. The van der Waals surface area contributed by atoms with Crippen LogP contribution in [0, 0.1) is 0 Å². The lowest BCUT2D eigenvalue weighted by Gasteiger charge is -2.04. The molecule has 0 spiro atoms. The Morgan fingerprint density at radius 1 is 1.40 bits per heavy atom. The molecular weight excluding hydrogens is 404 g/mol. The van der Waals surface area contributed by atoms with Crippen molar-refractivity contribution in [1.82, 2.24) is 15.4 Å². The van der Waals surface area contributed by atoms with Crippen molar-refractivity contribution in [2.24, 2.45) is 5.10 Å². The van der Waals surface area contributed by atoms with Gasteiger partial charge in [-0.1, -0.05) is 39.8 Å². The zero-order valence-corrected chi connectivity index (χ0v) is 15.7. The predicted octanol–water partition coefficient (Wildman–Crippen LogP) is 3.58. The molecule has 1 amide bonds. The fourth-order valence-electron chi connectivity index (χ4n) is 2.14. The normalized spacial score (nSPS) is 11.1. The summed E-state index contributed by atoms with van der Waals surface area (Å²) in [7, 11) is 1.59. The van der Waals surface area contributed by atoms with Crippen molar-refractivity contribution in [3.63, 3.8) is 0 Å². The highest BCUT2D eigenvalue weighted by molar-refractivity contribution is 9.10. The molecule has 0 saturated carbocycles. The number of nitrogens with zero attached hydrogens (tertiary/aromatic N) is 2. The van der Waals surface area contributed by atoms with Crippen LogP contribution >= 0.6 is 27.7 Å². The maximum atomic E-state index is 11.9. The zero-order chi connectivity index (χ0) is 17.6. The second kappa shape index (κ2) is 8.17. The summed E-state index contributed by atoms with van der Waals surface area (Å²) in [6.07, 6.45) is 1.55. The highest BCUT2D eigenvalue weighted by atomic mass is 79.9. The maximum Gasteiger partial charge on any atom is 0.250 e. The van der Waals surface area contributed by atoms with E-state index in [2.05, 4.69) is 36.4 Å². The second-order valence-electron chi connectivity index (χ2n) is 5.03. The van der Waals surface area contributed by atoms with E-state index < -0.39 is 0 Å². The highest BCUT2D eigenvalue weighted by Crippen LogP contribution is 2.21. The quantitative estimate of drug-likeness (QED) is 0.364. The summed E-state index contributed by atoms with van der Waals surface area (Å²) in [4.78, 5) is 19.5. The Morgan fingerprint density at radius 2 is 2.24 bits per heavy atom. The molecule has 0 aliphatic rings. The van der Waals surface area contributed by atoms with Gasteiger partial charge in [-0.15, -0.1) is 0 Å². The van der Waals surface area contributed by atoms with Gasteiger partial charge in [0.05, 0.1) is 30.1 Å². The molecule has 0 bridgehead atoms. The number of halogens is 1. The number of carbonyl (C=O) groups excluding carboxylic acids is 1. The zero-order valence-electron chi connectivity index (χ0n) is 13.3. The van der Waals surface area contributed by atoms with Crippen LogP contribution in [0.3, 0.4) is 0 Å². The summed E-state index contributed by atoms with van der Waals surface area (Å²) < 4.78 is 6.15. The molecule has 0 atom stereocenters. The summed E-state index contributed by atoms with van der Waals surface area (Å²) in [6.45, 7) is 0. The average Bonchev–Trinajstić information content (AvgIpc) is 3.03. The molecule has 0 radical (unpaired) electrons. The lowest BCUT2D eigenvalue weighted by molar-refractivity contribution is -0.118. The van der Waals surface area contributed by atoms with Gasteiger partial charge >= 0.3 is 0 Å². The van der Waals surface area contributed by atoms with Crippen LogP contribution in [0.5, 0.6) is 5.75 Å². The Hall–Kier alpha value is -2.32. The van der Waals surface area contributed by atoms with E-state index in [1.165, 1.54) is 11.8 Å². The number of thioether (sulfide) groups is 1. The minimum Gasteiger partial charge on any atom is -0.496 e. The van der Waals surface area contributed by atoms with Crippen molar-refractivity contribution >= 4 is 50.8 Å². The van der Waals surface area contributed by atoms with Crippen LogP contribution in [0.1, 0.15) is 5.56 Å². The molecule has 0 unspecified atom stereocenters. The van der Waals surface area contributed by atoms with Gasteiger partial charge in [0, 0.05) is 10.0 Å². The van der Waals surface area contributed by atoms with Crippen LogP contribution in [0.2, 0.25) is 0 Å². The van der Waals surface area contributed by atoms with Gasteiger partial charge in [0.25, 0.3) is 5.91 Å². The van der Waals surface area contributed by atoms with Gasteiger partial charge in [-0.3, -0.25) is 4.79 Å². The van der Waals surface area contributed by atoms with Crippen molar-refractivity contribution in [3.8, 4) is 5.75 Å². The summed E-state index contributed by atoms with van der Waals surface area (Å²) >= 11 is 4.72. The Balaban J connectivity index is 1.55. The molecule has 8 heteroatoms. The molecule has 1 aromatic heterocycles. The summed E-state index contributed by atoms with van der Waals surface area (Å²) in [5.74, 6) is 0.681. The van der Waals surface area contributed by atoms with E-state index in [9.17, 15) is 4.79 Å². The number of para-hydroxylation sites is 2. The smallest absolute Gasteiger partial charge is 0.250 e. The molecule has 0 saturated heterocycles. The minimum atomic E-state index is -0.212. The lowest BCUT2D eigenvalue weighted by atomic mass is 10.2. The topological polar surface area (TPSA) is 79.4 Å². The predicted molar refractivity (Wildman–Crippen MR) is 103 cm³/mol. The third kappa shape index (κ3) is 4.61. The fraction of sp³-hybridized carbons (Fsp3) is 0.118. The molecular formula is C17H15BrN4O2S. The lowest BCUT2D eigenvalue weighted by Crippen LogP contribution is -2.19. The standard InChI is InChI=1S/C17H15BrN4O2S/c1-24-15-7-6-12(18)8-11(15)9-19-22-16(23)10-25-17-20-13-4-2-3-5-14(13)21-17/h2-9H,10H2,1H3,(H,20,21)(H,22,23)/b19-9-. The number of carbonyl (C=O) groups is 1. The number of fused-ring (bicyclic) bond motifs is 1. The number of aromatic amines is 1. The number of benzene rings is 2. The van der Waals surface area contributed by atoms with Gasteiger partial charge in [0.1, 0.15) is 5.75 Å². The molecule has 2 aromatic carbocycles. The number of hydrogen-bond donors (Lipinski definition) is 2. The van der Waals surface area contributed by atoms with Crippen LogP contribution in [0.4, 0.5) is 0 Å². The molecule has 0 fully saturated rings. The van der Waals surface area contributed by atoms with Gasteiger partial charge in [0.15, 0.2) is 5.16 Å². The Labute approximate surface area is 157 Å². The second-order valence-corrected chi connectivity index (χ2v) is 6.91. The van der Waals surface area contributed by atoms with Crippen LogP contribution in [-0.2, 0) is 4.79 Å². The Bertz CT molecular complexity index is 893. The summed E-state index contributed by atoms with van der Waals surface area (Å²) in [6, 6.07) is 13.3. The third-order valence-electron chi connectivity index (χ3n) is 3.29. The first-order valence-electron chi connectivity index (χ1n) is 7.38. The van der Waals surface area contributed by atoms with Crippen LogP contribution < -0.4 is 10.2 Å². The Morgan fingerprint density at radius 3 is 3.04 bits per heavy atom. The van der Waals surface area contributed by atoms with Gasteiger partial charge in [0.2, 0.25) is 0 Å². The number of H-pyrrole nitrogens is 1. The van der Waals surface area contributed by atoms with Crippen molar-refractivity contribution < 1.29 is 9.53 Å². The van der Waals surface area contributed by atoms with Gasteiger partial charge in [-0.25, -0.2) is 10.4 Å². The van der Waals surface area contributed by atoms with E-state index in [0.29, 0.717) is 10.9 Å². The molecule has 1 heterocycles. The number of aromatic nitrogens is 2. The van der Waals surface area contributed by atoms with Crippen LogP contribution in [-0.4, -0.2) is 35.0 Å². The molecule has 128 valence electrons. The van der Waals surface area contributed by atoms with Crippen molar-refractivity contribution in [1.29, 1.82) is 0 Å². The van der Waals surface area contributed by atoms with Crippen LogP contribution in [0.15, 0.2) is 57.2 Å². The highest BCUT2D eigenvalue weighted by Gasteiger charge is 2.06. The largest absolute Gasteiger partial charge is 0.496 e. The van der Waals surface area contributed by atoms with Crippen molar-refractivity contribution in [2.45, 2.75) is 5.16 Å². The minimum absolute atomic E-state index is 0.212. The number of hydrogen-bond acceptors (Lipinski definition) is 5. The average molecular weight is 419 g/mol. The van der Waals surface area contributed by atoms with E-state index in [0.717, 1.165) is 21.1 Å². The molecule has 3 aromatic rings. The SMILES string of the molecule is COc1ccc(Br)cc1/C=N\NC(=O)CSc1nc2ccccc2[nH]1. The van der Waals surface area contributed by atoms with Gasteiger partial charge in [-0.05, 0) is 30.3 Å². The van der Waals surface area contributed by atoms with E-state index in [-0.39, 0.29) is 11.7 Å². The van der Waals surface area contributed by atoms with E-state index in [4.69, 9.17) is 4.74 Å². The Kier molecular flexibility index (Phi) is 5.72. The van der Waals surface area contributed by atoms with Crippen molar-refractivity contribution in [3.05, 3.63) is 52.5 Å². The first kappa shape index (κ1) is 17.5. The molecule has 6 nitrogen and oxygen atoms in total. The monoisotopic (exact) mass is 418 g/mol. The van der Waals surface area contributed by atoms with Gasteiger partial charge in [-0.2, -0.15) is 5.10 Å². The van der Waals surface area contributed by atoms with E-state index in [1.54, 1.807) is 13.3 Å². The third-order valence-corrected chi connectivity index (χ3v) is 4.66. The number of nitrogens with one attached hydrogen (secondary N) is 2. The molecule has 0 aliphatic carbocycles. The number of amides is 1. The number of imidazole rings is 1. The number of rotatable bonds is 6. The molecule has 0 aliphatic heterocycles. The van der Waals surface area contributed by atoms with Crippen molar-refractivity contribution in [2.75, 3.05) is 12.9 Å². The first-order valence-corrected chi connectivity index (χ1v) is 9.16. The van der Waals surface area contributed by atoms with E-state index in [1.807, 2.05) is 42.5 Å². The number of ether oxygens (including phenoxy) is 1. The first-order chi connectivity index (χ1) is 12.2. The number of hydrazone groups is 1. The molecule has 25 heavy (non-hydrogen) atoms. The van der Waals surface area contributed by atoms with Gasteiger partial charge < -0.3 is 9.72 Å². The summed E-state index contributed by atoms with van der Waals surface area (Å²) in [5, 5.41) is 4.68.